The van der Waals surface area contributed by atoms with E-state index in [0.29, 0.717) is 6.04 Å². The Bertz CT molecular complexity index is 212. The third-order valence-corrected chi connectivity index (χ3v) is 3.03. The van der Waals surface area contributed by atoms with Crippen LogP contribution in [0.15, 0.2) is 0 Å². The van der Waals surface area contributed by atoms with E-state index in [1.807, 2.05) is 13.8 Å². The van der Waals surface area contributed by atoms with E-state index in [1.165, 1.54) is 6.42 Å². The molecule has 0 aromatic carbocycles. The van der Waals surface area contributed by atoms with Crippen LogP contribution in [0.25, 0.3) is 0 Å². The quantitative estimate of drug-likeness (QED) is 0.712. The summed E-state index contributed by atoms with van der Waals surface area (Å²) in [5.74, 6) is 0. The van der Waals surface area contributed by atoms with Crippen LogP contribution in [-0.4, -0.2) is 41.3 Å². The van der Waals surface area contributed by atoms with E-state index >= 15 is 0 Å². The summed E-state index contributed by atoms with van der Waals surface area (Å²) < 4.78 is 0. The minimum absolute atomic E-state index is 0.0262. The van der Waals surface area contributed by atoms with Crippen molar-refractivity contribution in [3.05, 3.63) is 0 Å². The lowest BCUT2D eigenvalue weighted by Gasteiger charge is -2.36. The molecular weight excluding hydrogens is 180 g/mol. The predicted octanol–water partition coefficient (Wildman–Crippen LogP) is 0.951. The van der Waals surface area contributed by atoms with E-state index in [0.717, 1.165) is 12.8 Å². The minimum atomic E-state index is -0.492. The van der Waals surface area contributed by atoms with Crippen molar-refractivity contribution in [2.24, 2.45) is 0 Å². The molecule has 0 aliphatic heterocycles. The molecule has 0 unspecified atom stereocenters. The molecule has 0 saturated heterocycles. The number of nitrogens with one attached hydrogen (secondary N) is 1. The number of rotatable bonds is 3. The van der Waals surface area contributed by atoms with Crippen LogP contribution in [0.2, 0.25) is 0 Å². The second-order valence-corrected chi connectivity index (χ2v) is 4.61. The molecule has 1 saturated carbocycles. The van der Waals surface area contributed by atoms with E-state index in [2.05, 4.69) is 5.32 Å². The van der Waals surface area contributed by atoms with Crippen molar-refractivity contribution < 1.29 is 9.90 Å². The highest BCUT2D eigenvalue weighted by Crippen LogP contribution is 2.19. The second kappa shape index (κ2) is 4.17. The Morgan fingerprint density at radius 2 is 2.14 bits per heavy atom. The minimum Gasteiger partial charge on any atom is -0.394 e. The Morgan fingerprint density at radius 3 is 2.50 bits per heavy atom. The van der Waals surface area contributed by atoms with Gasteiger partial charge in [0.25, 0.3) is 0 Å². The molecule has 0 aromatic rings. The number of amides is 2. The summed E-state index contributed by atoms with van der Waals surface area (Å²) >= 11 is 0. The Labute approximate surface area is 85.3 Å². The first-order valence-electron chi connectivity index (χ1n) is 5.12. The predicted molar refractivity (Wildman–Crippen MR) is 55.1 cm³/mol. The van der Waals surface area contributed by atoms with E-state index in [-0.39, 0.29) is 12.6 Å². The number of urea groups is 1. The van der Waals surface area contributed by atoms with Gasteiger partial charge in [0, 0.05) is 13.1 Å². The first-order valence-corrected chi connectivity index (χ1v) is 5.12. The molecule has 1 aliphatic rings. The summed E-state index contributed by atoms with van der Waals surface area (Å²) in [6.07, 6.45) is 3.37. The van der Waals surface area contributed by atoms with Gasteiger partial charge in [-0.2, -0.15) is 0 Å². The van der Waals surface area contributed by atoms with Gasteiger partial charge in [0.1, 0.15) is 0 Å². The zero-order chi connectivity index (χ0) is 10.8. The molecule has 4 heteroatoms. The molecule has 2 N–H and O–H groups in total. The van der Waals surface area contributed by atoms with Crippen molar-refractivity contribution in [3.8, 4) is 0 Å². The molecule has 14 heavy (non-hydrogen) atoms. The highest BCUT2D eigenvalue weighted by atomic mass is 16.3. The van der Waals surface area contributed by atoms with Gasteiger partial charge >= 0.3 is 6.03 Å². The molecule has 0 atom stereocenters. The van der Waals surface area contributed by atoms with E-state index in [9.17, 15) is 4.79 Å². The molecule has 82 valence electrons. The van der Waals surface area contributed by atoms with Gasteiger partial charge in [-0.3, -0.25) is 0 Å². The van der Waals surface area contributed by atoms with Gasteiger partial charge in [-0.05, 0) is 33.1 Å². The van der Waals surface area contributed by atoms with Gasteiger partial charge in [-0.25, -0.2) is 4.79 Å². The van der Waals surface area contributed by atoms with Crippen LogP contribution in [0, 0.1) is 0 Å². The molecule has 0 radical (unpaired) electrons. The van der Waals surface area contributed by atoms with Crippen molar-refractivity contribution in [1.29, 1.82) is 0 Å². The molecule has 0 bridgehead atoms. The monoisotopic (exact) mass is 200 g/mol. The van der Waals surface area contributed by atoms with Crippen LogP contribution < -0.4 is 5.32 Å². The maximum Gasteiger partial charge on any atom is 0.317 e. The number of aliphatic hydroxyl groups is 1. The molecular formula is C10H20N2O2. The normalized spacial score (nSPS) is 17.4. The van der Waals surface area contributed by atoms with Crippen LogP contribution in [0.5, 0.6) is 0 Å². The number of carbonyl (C=O) groups is 1. The first kappa shape index (κ1) is 11.3. The van der Waals surface area contributed by atoms with Crippen molar-refractivity contribution in [2.75, 3.05) is 13.7 Å². The first-order chi connectivity index (χ1) is 6.47. The van der Waals surface area contributed by atoms with Gasteiger partial charge in [0.2, 0.25) is 0 Å². The summed E-state index contributed by atoms with van der Waals surface area (Å²) in [6, 6.07) is 0.258. The number of hydrogen-bond donors (Lipinski definition) is 2. The summed E-state index contributed by atoms with van der Waals surface area (Å²) in [5, 5.41) is 12.0. The number of nitrogens with zero attached hydrogens (tertiary/aromatic N) is 1. The Hall–Kier alpha value is -0.770. The smallest absolute Gasteiger partial charge is 0.317 e. The second-order valence-electron chi connectivity index (χ2n) is 4.61. The van der Waals surface area contributed by atoms with Crippen molar-refractivity contribution in [1.82, 2.24) is 10.2 Å². The third kappa shape index (κ3) is 2.38. The summed E-state index contributed by atoms with van der Waals surface area (Å²) in [7, 11) is 1.71. The zero-order valence-corrected chi connectivity index (χ0v) is 9.21. The molecule has 4 nitrogen and oxygen atoms in total. The maximum absolute atomic E-state index is 11.7. The van der Waals surface area contributed by atoms with Gasteiger partial charge < -0.3 is 15.3 Å². The summed E-state index contributed by atoms with van der Waals surface area (Å²) in [6.45, 7) is 3.66. The van der Waals surface area contributed by atoms with Gasteiger partial charge in [0.15, 0.2) is 0 Å². The summed E-state index contributed by atoms with van der Waals surface area (Å²) in [5.41, 5.74) is -0.492. The largest absolute Gasteiger partial charge is 0.394 e. The van der Waals surface area contributed by atoms with Crippen LogP contribution in [0.1, 0.15) is 33.1 Å². The van der Waals surface area contributed by atoms with Crippen LogP contribution in [0.3, 0.4) is 0 Å². The SMILES string of the molecule is CN(C(=O)NC1CCC1)C(C)(C)CO. The van der Waals surface area contributed by atoms with Gasteiger partial charge in [0.05, 0.1) is 12.1 Å². The molecule has 1 rings (SSSR count). The van der Waals surface area contributed by atoms with E-state index in [4.69, 9.17) is 5.11 Å². The van der Waals surface area contributed by atoms with Crippen LogP contribution in [0.4, 0.5) is 4.79 Å². The van der Waals surface area contributed by atoms with Crippen molar-refractivity contribution in [3.63, 3.8) is 0 Å². The standard InChI is InChI=1S/C10H20N2O2/c1-10(2,7-13)12(3)9(14)11-8-5-4-6-8/h8,13H,4-7H2,1-3H3,(H,11,14). The fourth-order valence-electron chi connectivity index (χ4n) is 1.20. The van der Waals surface area contributed by atoms with Crippen LogP contribution >= 0.6 is 0 Å². The number of carbonyl (C=O) groups excluding carboxylic acids is 1. The van der Waals surface area contributed by atoms with Gasteiger partial charge in [-0.15, -0.1) is 0 Å². The maximum atomic E-state index is 11.7. The van der Waals surface area contributed by atoms with Gasteiger partial charge in [-0.1, -0.05) is 0 Å². The molecule has 0 heterocycles. The average Bonchev–Trinajstić information content (AvgIpc) is 2.09. The van der Waals surface area contributed by atoms with E-state index in [1.54, 1.807) is 11.9 Å². The molecule has 1 fully saturated rings. The lowest BCUT2D eigenvalue weighted by molar-refractivity contribution is 0.0940. The summed E-state index contributed by atoms with van der Waals surface area (Å²) in [4.78, 5) is 13.2. The van der Waals surface area contributed by atoms with Crippen molar-refractivity contribution >= 4 is 6.03 Å². The molecule has 0 aromatic heterocycles. The Balaban J connectivity index is 2.42. The lowest BCUT2D eigenvalue weighted by Crippen LogP contribution is -2.54. The Kier molecular flexibility index (Phi) is 3.37. The average molecular weight is 200 g/mol. The lowest BCUT2D eigenvalue weighted by atomic mass is 9.93. The molecule has 2 amide bonds. The fourth-order valence-corrected chi connectivity index (χ4v) is 1.20. The molecule has 0 spiro atoms. The fraction of sp³-hybridized carbons (Fsp3) is 0.900. The number of hydrogen-bond acceptors (Lipinski definition) is 2. The third-order valence-electron chi connectivity index (χ3n) is 3.03. The van der Waals surface area contributed by atoms with Crippen LogP contribution in [-0.2, 0) is 0 Å². The number of aliphatic hydroxyl groups excluding tert-OH is 1. The highest BCUT2D eigenvalue weighted by Gasteiger charge is 2.29. The highest BCUT2D eigenvalue weighted by molar-refractivity contribution is 5.75. The molecule has 1 aliphatic carbocycles. The number of likely N-dealkylation sites (N-methyl/N-ethyl adjacent to an activating group) is 1. The van der Waals surface area contributed by atoms with Crippen molar-refractivity contribution in [2.45, 2.75) is 44.7 Å². The Morgan fingerprint density at radius 1 is 1.57 bits per heavy atom. The van der Waals surface area contributed by atoms with E-state index < -0.39 is 5.54 Å². The topological polar surface area (TPSA) is 52.6 Å². The zero-order valence-electron chi connectivity index (χ0n) is 9.21.